The molecule has 2 N–H and O–H groups in total. The van der Waals surface area contributed by atoms with Crippen molar-refractivity contribution >= 4 is 55.2 Å². The van der Waals surface area contributed by atoms with Gasteiger partial charge in [-0.15, -0.1) is 0 Å². The van der Waals surface area contributed by atoms with E-state index < -0.39 is 11.8 Å². The third-order valence-corrected chi connectivity index (χ3v) is 18.3. The summed E-state index contributed by atoms with van der Waals surface area (Å²) in [5, 5.41) is 3.64. The van der Waals surface area contributed by atoms with E-state index in [1.165, 1.54) is 12.2 Å². The van der Waals surface area contributed by atoms with Crippen molar-refractivity contribution in [2.45, 2.75) is 170 Å². The van der Waals surface area contributed by atoms with Gasteiger partial charge in [0, 0.05) is 88.8 Å². The van der Waals surface area contributed by atoms with E-state index in [1.54, 1.807) is 0 Å². The Hall–Kier alpha value is -8.64. The largest absolute Gasteiger partial charge is 0.487 e. The minimum absolute atomic E-state index is 0.0758. The van der Waals surface area contributed by atoms with Gasteiger partial charge in [0.1, 0.15) is 0 Å². The van der Waals surface area contributed by atoms with E-state index in [0.29, 0.717) is 45.6 Å². The number of nitrogens with zero attached hydrogens (tertiary/aromatic N) is 2. The van der Waals surface area contributed by atoms with Gasteiger partial charge in [0.05, 0.1) is 59.4 Å². The molecule has 8 unspecified atom stereocenters. The van der Waals surface area contributed by atoms with Gasteiger partial charge in [0.2, 0.25) is 0 Å². The Kier molecular flexibility index (Phi) is 14.7. The van der Waals surface area contributed by atoms with Gasteiger partial charge in [0.25, 0.3) is 0 Å². The zero-order valence-corrected chi connectivity index (χ0v) is 51.4. The number of H-pyrrole nitrogens is 2. The number of benzene rings is 5. The van der Waals surface area contributed by atoms with Crippen LogP contribution in [0.2, 0.25) is 0 Å². The number of ketones is 2. The van der Waals surface area contributed by atoms with Crippen molar-refractivity contribution in [1.29, 1.82) is 0 Å². The smallest absolute Gasteiger partial charge is 0.183 e. The first-order chi connectivity index (χ1) is 41.6. The first-order valence-corrected chi connectivity index (χ1v) is 31.2. The fourth-order valence-corrected chi connectivity index (χ4v) is 12.6. The molecule has 5 aromatic carbocycles. The van der Waals surface area contributed by atoms with Gasteiger partial charge in [0.15, 0.2) is 46.1 Å². The third-order valence-electron chi connectivity index (χ3n) is 18.3. The van der Waals surface area contributed by atoms with Crippen molar-refractivity contribution in [3.05, 3.63) is 143 Å². The lowest BCUT2D eigenvalue weighted by Gasteiger charge is -2.43. The normalized spacial score (nSPS) is 17.5. The molecule has 0 spiro atoms. The summed E-state index contributed by atoms with van der Waals surface area (Å²) in [6.07, 6.45) is 7.24. The van der Waals surface area contributed by atoms with E-state index in [2.05, 4.69) is 178 Å². The molecule has 6 aliphatic rings. The molecule has 8 aromatic rings. The molecule has 14 rings (SSSR count). The number of carbonyl (C=O) groups excluding carboxylic acids is 2. The van der Waals surface area contributed by atoms with Gasteiger partial charge in [-0.2, -0.15) is 0 Å². The number of allylic oxidation sites excluding steroid dienone is 4. The van der Waals surface area contributed by atoms with E-state index in [0.717, 1.165) is 149 Å². The number of aromatic amines is 2. The van der Waals surface area contributed by atoms with Crippen molar-refractivity contribution in [1.82, 2.24) is 19.9 Å². The highest BCUT2D eigenvalue weighted by Gasteiger charge is 2.48. The molecule has 12 heteroatoms. The van der Waals surface area contributed by atoms with Gasteiger partial charge in [-0.05, 0) is 187 Å². The summed E-state index contributed by atoms with van der Waals surface area (Å²) in [7, 11) is 0. The molecular weight excluding hydrogens is 1070 g/mol. The highest BCUT2D eigenvalue weighted by atomic mass is 16.5. The second-order valence-electron chi connectivity index (χ2n) is 24.2. The fourth-order valence-electron chi connectivity index (χ4n) is 12.6. The van der Waals surface area contributed by atoms with E-state index in [9.17, 15) is 9.59 Å². The summed E-state index contributed by atoms with van der Waals surface area (Å²) in [6, 6.07) is 33.9. The second kappa shape index (κ2) is 22.3. The van der Waals surface area contributed by atoms with Crippen LogP contribution in [-0.2, 0) is 9.59 Å². The molecular formula is C74H76N4O8. The predicted molar refractivity (Wildman–Crippen MR) is 343 cm³/mol. The molecule has 4 aliphatic carbocycles. The fraction of sp³-hybridized carbons (Fsp3) is 0.351. The van der Waals surface area contributed by atoms with Gasteiger partial charge in [-0.3, -0.25) is 9.59 Å². The summed E-state index contributed by atoms with van der Waals surface area (Å²) < 4.78 is 40.5. The molecule has 2 aliphatic heterocycles. The van der Waals surface area contributed by atoms with Crippen LogP contribution in [0.3, 0.4) is 0 Å². The Morgan fingerprint density at radius 2 is 0.616 bits per heavy atom. The molecule has 10 bridgehead atoms. The van der Waals surface area contributed by atoms with Crippen LogP contribution < -0.4 is 28.4 Å². The van der Waals surface area contributed by atoms with Crippen molar-refractivity contribution in [3.63, 3.8) is 0 Å². The Bertz CT molecular complexity index is 4090. The zero-order valence-electron chi connectivity index (χ0n) is 51.4. The molecule has 8 atom stereocenters. The van der Waals surface area contributed by atoms with Crippen LogP contribution in [0.5, 0.6) is 34.5 Å². The molecule has 0 radical (unpaired) electrons. The first kappa shape index (κ1) is 56.5. The minimum atomic E-state index is -0.438. The molecule has 0 saturated carbocycles. The van der Waals surface area contributed by atoms with Crippen molar-refractivity contribution in [3.8, 4) is 79.5 Å². The second-order valence-corrected chi connectivity index (χ2v) is 24.2. The Morgan fingerprint density at radius 1 is 0.360 bits per heavy atom. The minimum Gasteiger partial charge on any atom is -0.487 e. The first-order valence-electron chi connectivity index (χ1n) is 31.2. The Morgan fingerprint density at radius 3 is 0.884 bits per heavy atom. The van der Waals surface area contributed by atoms with E-state index in [-0.39, 0.29) is 48.2 Å². The molecule has 12 nitrogen and oxygen atoms in total. The molecule has 440 valence electrons. The lowest BCUT2D eigenvalue weighted by Crippen LogP contribution is -2.35. The van der Waals surface area contributed by atoms with Crippen LogP contribution in [0.4, 0.5) is 0 Å². The Labute approximate surface area is 503 Å². The predicted octanol–water partition coefficient (Wildman–Crippen LogP) is 17.9. The van der Waals surface area contributed by atoms with Gasteiger partial charge in [-0.1, -0.05) is 65.8 Å². The van der Waals surface area contributed by atoms with Crippen LogP contribution >= 0.6 is 0 Å². The number of fused-ring (bicyclic) bond motifs is 20. The molecule has 86 heavy (non-hydrogen) atoms. The number of ether oxygens (including phenoxy) is 6. The summed E-state index contributed by atoms with van der Waals surface area (Å²) in [6.45, 7) is 25.2. The van der Waals surface area contributed by atoms with Gasteiger partial charge >= 0.3 is 0 Å². The van der Waals surface area contributed by atoms with Crippen molar-refractivity contribution in [2.24, 2.45) is 0 Å². The number of hydrogen-bond acceptors (Lipinski definition) is 10. The number of carbonyl (C=O) groups is 2. The zero-order chi connectivity index (χ0) is 60.0. The molecule has 3 aromatic heterocycles. The quantitative estimate of drug-likeness (QED) is 0.0796. The maximum absolute atomic E-state index is 14.1. The Balaban J connectivity index is 1.17. The van der Waals surface area contributed by atoms with Crippen LogP contribution in [0.1, 0.15) is 156 Å². The number of nitrogens with one attached hydrogen (secondary N) is 2. The lowest BCUT2D eigenvalue weighted by molar-refractivity contribution is -0.115. The van der Waals surface area contributed by atoms with Crippen LogP contribution in [0, 0.1) is 0 Å². The average molecular weight is 1150 g/mol. The summed E-state index contributed by atoms with van der Waals surface area (Å²) >= 11 is 0. The SMILES string of the molecule is CCC(C)Oc1cc2c(cc1OC(C)CC)-c1cc3[nH]c(cc4nc(cc5[nH]c(cc-2n1)c1cc(OC(C)CC)c(OC(C)CC)cc51)-c1cc2c(cc1-4)C1C4=C(C(=O)C=CC4=O)C2c2ccccc21)c1cc(OC(C)CC)c(OC(C)CC)cc31. The lowest BCUT2D eigenvalue weighted by atomic mass is 9.58. The van der Waals surface area contributed by atoms with Crippen LogP contribution in [-0.4, -0.2) is 68.1 Å². The topological polar surface area (TPSA) is 147 Å². The summed E-state index contributed by atoms with van der Waals surface area (Å²) in [4.78, 5) is 47.4. The molecule has 5 heterocycles. The highest BCUT2D eigenvalue weighted by Crippen LogP contribution is 2.59. The van der Waals surface area contributed by atoms with E-state index in [4.69, 9.17) is 38.4 Å². The molecule has 0 amide bonds. The summed E-state index contributed by atoms with van der Waals surface area (Å²) in [5.41, 5.74) is 15.0. The maximum Gasteiger partial charge on any atom is 0.183 e. The monoisotopic (exact) mass is 1150 g/mol. The number of aromatic nitrogens is 4. The van der Waals surface area contributed by atoms with Crippen molar-refractivity contribution < 1.29 is 38.0 Å². The highest BCUT2D eigenvalue weighted by molar-refractivity contribution is 6.23. The van der Waals surface area contributed by atoms with Crippen LogP contribution in [0.25, 0.3) is 88.6 Å². The van der Waals surface area contributed by atoms with E-state index in [1.807, 2.05) is 12.1 Å². The molecule has 0 fully saturated rings. The molecule has 0 saturated heterocycles. The van der Waals surface area contributed by atoms with Gasteiger partial charge in [-0.25, -0.2) is 9.97 Å². The van der Waals surface area contributed by atoms with Crippen molar-refractivity contribution in [2.75, 3.05) is 0 Å². The summed E-state index contributed by atoms with van der Waals surface area (Å²) in [5.74, 6) is 2.80. The van der Waals surface area contributed by atoms with E-state index >= 15 is 0 Å². The third kappa shape index (κ3) is 9.69. The number of rotatable bonds is 18. The van der Waals surface area contributed by atoms with Gasteiger partial charge < -0.3 is 38.4 Å². The standard InChI is InChI=1S/C74H76N4O8/c1-13-37(7)81-65-27-47-49(29-67(65)83-39(9)15-3)59-35-61-51-31-69(85-41(11)17-5)70(86-42(12)18-6)32-52(51)62(78-61)36-60-50-30-68(84-40(10)16-4)66(82-38(8)14-2)28-48(50)58(77-60)34-56-46-26-54-53(25-45(46)55(75-56)33-57(47)76-59)71-43-21-19-20-22-44(43)72(54)74-64(80)24-23-63(79)73(71)74/h19-42,71-72,76-77H,13-18H2,1-12H3. The maximum atomic E-state index is 14.1. The number of hydrogen-bond donors (Lipinski definition) is 2. The average Bonchev–Trinajstić information content (AvgIpc) is 0.854. The van der Waals surface area contributed by atoms with Crippen LogP contribution in [0.15, 0.2) is 120 Å².